The van der Waals surface area contributed by atoms with Crippen LogP contribution in [0.3, 0.4) is 0 Å². The first-order valence-electron chi connectivity index (χ1n) is 7.17. The van der Waals surface area contributed by atoms with Gasteiger partial charge in [0.05, 0.1) is 7.11 Å². The van der Waals surface area contributed by atoms with Gasteiger partial charge in [-0.2, -0.15) is 4.73 Å². The molecule has 3 aromatic rings. The first kappa shape index (κ1) is 14.1. The van der Waals surface area contributed by atoms with E-state index in [4.69, 9.17) is 4.74 Å². The lowest BCUT2D eigenvalue weighted by Crippen LogP contribution is -2.29. The van der Waals surface area contributed by atoms with Gasteiger partial charge >= 0.3 is 0 Å². The summed E-state index contributed by atoms with van der Waals surface area (Å²) in [5.74, 6) is 0.832. The highest BCUT2D eigenvalue weighted by atomic mass is 16.5. The quantitative estimate of drug-likeness (QED) is 0.544. The molecule has 3 heteroatoms. The van der Waals surface area contributed by atoms with Crippen LogP contribution in [0.5, 0.6) is 5.75 Å². The van der Waals surface area contributed by atoms with Gasteiger partial charge < -0.3 is 9.94 Å². The van der Waals surface area contributed by atoms with Gasteiger partial charge in [0.25, 0.3) is 0 Å². The molecule has 22 heavy (non-hydrogen) atoms. The zero-order valence-corrected chi connectivity index (χ0v) is 12.4. The molecule has 0 bridgehead atoms. The molecule has 1 heterocycles. The maximum absolute atomic E-state index is 12.2. The number of ether oxygens (including phenoxy) is 1. The number of benzene rings is 2. The van der Waals surface area contributed by atoms with Crippen molar-refractivity contribution in [2.24, 2.45) is 0 Å². The molecule has 0 aliphatic carbocycles. The van der Waals surface area contributed by atoms with E-state index in [0.717, 1.165) is 27.2 Å². The van der Waals surface area contributed by atoms with Gasteiger partial charge in [-0.15, -0.1) is 0 Å². The Morgan fingerprint density at radius 1 is 0.909 bits per heavy atom. The number of rotatable bonds is 4. The standard InChI is InChI=1S/C19H17NO2/c1-22-18-11-9-15(10-12-18)14-17-8-5-13-20(21)19(17)16-6-3-2-4-7-16/h2-13H,14H2,1H3. The van der Waals surface area contributed by atoms with Crippen LogP contribution < -0.4 is 9.47 Å². The van der Waals surface area contributed by atoms with Crippen molar-refractivity contribution in [2.75, 3.05) is 7.11 Å². The molecule has 0 aliphatic rings. The second-order valence-corrected chi connectivity index (χ2v) is 5.10. The minimum absolute atomic E-state index is 0.706. The molecule has 0 radical (unpaired) electrons. The van der Waals surface area contributed by atoms with Crippen molar-refractivity contribution in [3.05, 3.63) is 89.3 Å². The molecule has 3 nitrogen and oxygen atoms in total. The number of hydrogen-bond donors (Lipinski definition) is 0. The molecule has 2 aromatic carbocycles. The maximum atomic E-state index is 12.2. The summed E-state index contributed by atoms with van der Waals surface area (Å²) in [5, 5.41) is 12.2. The first-order chi connectivity index (χ1) is 10.8. The molecular formula is C19H17NO2. The highest BCUT2D eigenvalue weighted by molar-refractivity contribution is 5.60. The average molecular weight is 291 g/mol. The molecule has 0 unspecified atom stereocenters. The fourth-order valence-corrected chi connectivity index (χ4v) is 2.55. The minimum Gasteiger partial charge on any atom is -0.618 e. The Bertz CT molecular complexity index is 752. The number of hydrogen-bond acceptors (Lipinski definition) is 2. The molecule has 0 atom stereocenters. The van der Waals surface area contributed by atoms with Gasteiger partial charge in [0, 0.05) is 23.6 Å². The van der Waals surface area contributed by atoms with Crippen molar-refractivity contribution in [2.45, 2.75) is 6.42 Å². The van der Waals surface area contributed by atoms with Gasteiger partial charge in [-0.25, -0.2) is 0 Å². The van der Waals surface area contributed by atoms with E-state index in [9.17, 15) is 5.21 Å². The number of pyridine rings is 1. The lowest BCUT2D eigenvalue weighted by Gasteiger charge is -2.10. The summed E-state index contributed by atoms with van der Waals surface area (Å²) in [6.07, 6.45) is 2.25. The number of nitrogens with zero attached hydrogens (tertiary/aromatic N) is 1. The molecule has 110 valence electrons. The Balaban J connectivity index is 1.98. The average Bonchev–Trinajstić information content (AvgIpc) is 2.56. The van der Waals surface area contributed by atoms with Crippen LogP contribution >= 0.6 is 0 Å². The predicted octanol–water partition coefficient (Wildman–Crippen LogP) is 3.59. The van der Waals surface area contributed by atoms with Crippen molar-refractivity contribution >= 4 is 0 Å². The van der Waals surface area contributed by atoms with E-state index in [2.05, 4.69) is 0 Å². The van der Waals surface area contributed by atoms with Crippen LogP contribution in [-0.2, 0) is 6.42 Å². The second kappa shape index (κ2) is 6.31. The van der Waals surface area contributed by atoms with E-state index in [-0.39, 0.29) is 0 Å². The Hall–Kier alpha value is -2.81. The van der Waals surface area contributed by atoms with Crippen molar-refractivity contribution < 1.29 is 9.47 Å². The van der Waals surface area contributed by atoms with Crippen molar-refractivity contribution in [1.29, 1.82) is 0 Å². The van der Waals surface area contributed by atoms with Gasteiger partial charge in [-0.3, -0.25) is 0 Å². The van der Waals surface area contributed by atoms with Crippen LogP contribution in [0.4, 0.5) is 0 Å². The van der Waals surface area contributed by atoms with E-state index in [1.165, 1.54) is 0 Å². The molecule has 0 saturated carbocycles. The van der Waals surface area contributed by atoms with Crippen molar-refractivity contribution in [3.63, 3.8) is 0 Å². The van der Waals surface area contributed by atoms with E-state index in [1.54, 1.807) is 19.4 Å². The SMILES string of the molecule is COc1ccc(Cc2ccc[n+]([O-])c2-c2ccccc2)cc1. The zero-order valence-electron chi connectivity index (χ0n) is 12.4. The smallest absolute Gasteiger partial charge is 0.227 e. The van der Waals surface area contributed by atoms with Gasteiger partial charge in [0.15, 0.2) is 6.20 Å². The van der Waals surface area contributed by atoms with Crippen molar-refractivity contribution in [3.8, 4) is 17.0 Å². The molecule has 0 aliphatic heterocycles. The minimum atomic E-state index is 0.706. The summed E-state index contributed by atoms with van der Waals surface area (Å²) in [6.45, 7) is 0. The molecule has 0 saturated heterocycles. The summed E-state index contributed by atoms with van der Waals surface area (Å²) in [6, 6.07) is 21.5. The third-order valence-electron chi connectivity index (χ3n) is 3.64. The van der Waals surface area contributed by atoms with Crippen LogP contribution in [0.25, 0.3) is 11.3 Å². The largest absolute Gasteiger partial charge is 0.618 e. The molecule has 0 amide bonds. The van der Waals surface area contributed by atoms with Crippen LogP contribution in [-0.4, -0.2) is 7.11 Å². The molecule has 1 aromatic heterocycles. The van der Waals surface area contributed by atoms with E-state index >= 15 is 0 Å². The van der Waals surface area contributed by atoms with Gasteiger partial charge in [0.2, 0.25) is 5.69 Å². The fraction of sp³-hybridized carbons (Fsp3) is 0.105. The molecular weight excluding hydrogens is 274 g/mol. The summed E-state index contributed by atoms with van der Waals surface area (Å²) in [7, 11) is 1.65. The number of methoxy groups -OCH3 is 1. The van der Waals surface area contributed by atoms with Gasteiger partial charge in [-0.1, -0.05) is 30.3 Å². The highest BCUT2D eigenvalue weighted by Gasteiger charge is 2.14. The van der Waals surface area contributed by atoms with Crippen LogP contribution in [0.15, 0.2) is 72.9 Å². The lowest BCUT2D eigenvalue weighted by molar-refractivity contribution is -0.594. The zero-order chi connectivity index (χ0) is 15.4. The fourth-order valence-electron chi connectivity index (χ4n) is 2.55. The Kier molecular flexibility index (Phi) is 4.05. The van der Waals surface area contributed by atoms with E-state index < -0.39 is 0 Å². The normalized spacial score (nSPS) is 10.4. The van der Waals surface area contributed by atoms with Crippen LogP contribution in [0.2, 0.25) is 0 Å². The third-order valence-corrected chi connectivity index (χ3v) is 3.64. The topological polar surface area (TPSA) is 36.2 Å². The maximum Gasteiger partial charge on any atom is 0.227 e. The third kappa shape index (κ3) is 2.93. The Morgan fingerprint density at radius 2 is 1.64 bits per heavy atom. The Morgan fingerprint density at radius 3 is 2.32 bits per heavy atom. The number of aromatic nitrogens is 1. The Labute approximate surface area is 130 Å². The van der Waals surface area contributed by atoms with Crippen LogP contribution in [0, 0.1) is 5.21 Å². The first-order valence-corrected chi connectivity index (χ1v) is 7.17. The molecule has 0 fully saturated rings. The van der Waals surface area contributed by atoms with E-state index in [1.807, 2.05) is 60.7 Å². The van der Waals surface area contributed by atoms with Crippen LogP contribution in [0.1, 0.15) is 11.1 Å². The summed E-state index contributed by atoms with van der Waals surface area (Å²) < 4.78 is 6.12. The molecule has 3 rings (SSSR count). The van der Waals surface area contributed by atoms with Gasteiger partial charge in [0.1, 0.15) is 5.75 Å². The molecule has 0 spiro atoms. The predicted molar refractivity (Wildman–Crippen MR) is 86.6 cm³/mol. The van der Waals surface area contributed by atoms with E-state index in [0.29, 0.717) is 12.1 Å². The van der Waals surface area contributed by atoms with Crippen molar-refractivity contribution in [1.82, 2.24) is 0 Å². The molecule has 0 N–H and O–H groups in total. The summed E-state index contributed by atoms with van der Waals surface area (Å²) in [4.78, 5) is 0. The lowest BCUT2D eigenvalue weighted by atomic mass is 9.99. The highest BCUT2D eigenvalue weighted by Crippen LogP contribution is 2.23. The second-order valence-electron chi connectivity index (χ2n) is 5.10. The van der Waals surface area contributed by atoms with Gasteiger partial charge in [-0.05, 0) is 35.9 Å². The summed E-state index contributed by atoms with van der Waals surface area (Å²) >= 11 is 0. The summed E-state index contributed by atoms with van der Waals surface area (Å²) in [5.41, 5.74) is 3.79. The monoisotopic (exact) mass is 291 g/mol.